The lowest BCUT2D eigenvalue weighted by Gasteiger charge is -2.27. The summed E-state index contributed by atoms with van der Waals surface area (Å²) < 4.78 is 11.9. The number of carbonyl (C=O) groups is 1. The zero-order chi connectivity index (χ0) is 30.1. The fraction of sp³-hybridized carbons (Fsp3) is 0.455. The molecule has 1 aliphatic heterocycles. The number of pyridine rings is 1. The molecule has 3 atom stereocenters. The number of methoxy groups -OCH3 is 1. The first kappa shape index (κ1) is 27.2. The highest BCUT2D eigenvalue weighted by Crippen LogP contribution is 2.44. The van der Waals surface area contributed by atoms with Gasteiger partial charge in [-0.15, -0.1) is 0 Å². The van der Waals surface area contributed by atoms with Crippen molar-refractivity contribution in [1.82, 2.24) is 33.8 Å². The van der Waals surface area contributed by atoms with Crippen molar-refractivity contribution in [1.29, 1.82) is 0 Å². The molecule has 0 radical (unpaired) electrons. The number of benzene rings is 1. The van der Waals surface area contributed by atoms with Gasteiger partial charge in [0.15, 0.2) is 11.6 Å². The Hall–Kier alpha value is -4.38. The summed E-state index contributed by atoms with van der Waals surface area (Å²) in [4.78, 5) is 26.0. The Labute approximate surface area is 255 Å². The zero-order valence-corrected chi connectivity index (χ0v) is 25.4. The summed E-state index contributed by atoms with van der Waals surface area (Å²) >= 11 is 0. The van der Waals surface area contributed by atoms with Crippen molar-refractivity contribution in [3.05, 3.63) is 48.2 Å². The molecule has 0 spiro atoms. The molecule has 1 amide bonds. The average Bonchev–Trinajstić information content (AvgIpc) is 3.28. The summed E-state index contributed by atoms with van der Waals surface area (Å²) in [5.41, 5.74) is 4.13. The van der Waals surface area contributed by atoms with E-state index in [1.54, 1.807) is 11.8 Å². The zero-order valence-electron chi connectivity index (χ0n) is 25.4. The third kappa shape index (κ3) is 4.44. The number of hydrogen-bond donors (Lipinski definition) is 2. The largest absolute Gasteiger partial charge is 0.494 e. The lowest BCUT2D eigenvalue weighted by molar-refractivity contribution is 0.0696. The molecular formula is C33H38N8O3. The van der Waals surface area contributed by atoms with E-state index in [9.17, 15) is 9.90 Å². The second-order valence-corrected chi connectivity index (χ2v) is 12.8. The monoisotopic (exact) mass is 594 g/mol. The number of likely N-dealkylation sites (tertiary alicyclic amines) is 1. The molecule has 11 nitrogen and oxygen atoms in total. The van der Waals surface area contributed by atoms with E-state index in [4.69, 9.17) is 14.7 Å². The van der Waals surface area contributed by atoms with Gasteiger partial charge in [0.2, 0.25) is 0 Å². The van der Waals surface area contributed by atoms with Crippen molar-refractivity contribution in [3.63, 3.8) is 0 Å². The summed E-state index contributed by atoms with van der Waals surface area (Å²) in [6.45, 7) is 4.46. The molecule has 3 fully saturated rings. The Kier molecular flexibility index (Phi) is 6.40. The van der Waals surface area contributed by atoms with Gasteiger partial charge in [-0.25, -0.2) is 9.97 Å². The van der Waals surface area contributed by atoms with Crippen molar-refractivity contribution in [2.75, 3.05) is 25.6 Å². The molecule has 1 saturated heterocycles. The fourth-order valence-corrected chi connectivity index (χ4v) is 7.44. The Balaban J connectivity index is 1.18. The van der Waals surface area contributed by atoms with E-state index in [0.29, 0.717) is 53.3 Å². The van der Waals surface area contributed by atoms with E-state index in [2.05, 4.69) is 43.5 Å². The van der Waals surface area contributed by atoms with Gasteiger partial charge in [-0.2, -0.15) is 5.10 Å². The summed E-state index contributed by atoms with van der Waals surface area (Å²) in [6.07, 6.45) is 6.56. The number of aryl methyl sites for hydroxylation is 1. The third-order valence-electron chi connectivity index (χ3n) is 10.0. The third-order valence-corrected chi connectivity index (χ3v) is 10.0. The molecule has 2 aliphatic carbocycles. The number of nitrogens with zero attached hydrogens (tertiary/aromatic N) is 7. The number of amides is 1. The van der Waals surface area contributed by atoms with Crippen molar-refractivity contribution >= 4 is 39.6 Å². The van der Waals surface area contributed by atoms with E-state index in [0.717, 1.165) is 53.1 Å². The number of anilines is 2. The van der Waals surface area contributed by atoms with Gasteiger partial charge in [0.1, 0.15) is 22.7 Å². The Morgan fingerprint density at radius 1 is 1.09 bits per heavy atom. The molecular weight excluding hydrogens is 556 g/mol. The molecule has 228 valence electrons. The first-order chi connectivity index (χ1) is 21.4. The number of aliphatic hydroxyl groups is 1. The van der Waals surface area contributed by atoms with Crippen molar-refractivity contribution in [2.45, 2.75) is 51.7 Å². The Morgan fingerprint density at radius 2 is 1.95 bits per heavy atom. The standard InChI is InChI=1S/C33H38N8O3/c1-19-22-6-8-25(19)41(18-22)33(43)23-14-24-30(27(16-23)44-3)38(2)32(34-24)26-15-21-7-9-28(35-29-10-11-39(37-29)12-13-42)36-31(21)40(26)17-20-4-5-20/h7,9-11,14-16,19-20,22,25,42H,4-6,8,12-13,17-18H2,1-3H3,(H,35,36,37)/t19-,22?,25?/m1/s1. The molecule has 3 aliphatic rings. The maximum absolute atomic E-state index is 13.8. The second-order valence-electron chi connectivity index (χ2n) is 12.8. The summed E-state index contributed by atoms with van der Waals surface area (Å²) in [5.74, 6) is 4.70. The van der Waals surface area contributed by atoms with Gasteiger partial charge in [-0.1, -0.05) is 6.92 Å². The van der Waals surface area contributed by atoms with Crippen LogP contribution in [0.5, 0.6) is 5.75 Å². The molecule has 1 aromatic carbocycles. The van der Waals surface area contributed by atoms with Crippen LogP contribution in [0.15, 0.2) is 42.6 Å². The van der Waals surface area contributed by atoms with E-state index in [1.807, 2.05) is 37.5 Å². The predicted octanol–water partition coefficient (Wildman–Crippen LogP) is 4.81. The average molecular weight is 595 g/mol. The molecule has 5 aromatic rings. The topological polar surface area (TPSA) is 115 Å². The number of piperidine rings is 1. The molecule has 8 rings (SSSR count). The maximum Gasteiger partial charge on any atom is 0.254 e. The highest BCUT2D eigenvalue weighted by molar-refractivity contribution is 6.00. The van der Waals surface area contributed by atoms with Crippen molar-refractivity contribution in [3.8, 4) is 17.3 Å². The number of hydrogen-bond acceptors (Lipinski definition) is 7. The van der Waals surface area contributed by atoms with E-state index < -0.39 is 0 Å². The van der Waals surface area contributed by atoms with E-state index >= 15 is 0 Å². The molecule has 44 heavy (non-hydrogen) atoms. The number of aliphatic hydroxyl groups excluding tert-OH is 1. The van der Waals surface area contributed by atoms with Crippen LogP contribution in [0.25, 0.3) is 33.6 Å². The normalized spacial score (nSPS) is 21.2. The highest BCUT2D eigenvalue weighted by Gasteiger charge is 2.46. The predicted molar refractivity (Wildman–Crippen MR) is 168 cm³/mol. The number of aromatic nitrogens is 6. The first-order valence-electron chi connectivity index (χ1n) is 15.7. The number of fused-ring (bicyclic) bond motifs is 4. The smallest absolute Gasteiger partial charge is 0.254 e. The van der Waals surface area contributed by atoms with Crippen LogP contribution in [0, 0.1) is 17.8 Å². The summed E-state index contributed by atoms with van der Waals surface area (Å²) in [6, 6.07) is 12.2. The molecule has 11 heteroatoms. The first-order valence-corrected chi connectivity index (χ1v) is 15.7. The van der Waals surface area contributed by atoms with Gasteiger partial charge in [0.25, 0.3) is 5.91 Å². The SMILES string of the molecule is COc1cc(C(=O)N2CC3CCC2[C@@H]3C)cc2nc(-c3cc4ccc(Nc5ccn(CCO)n5)nc4n3CC3CC3)n(C)c12. The van der Waals surface area contributed by atoms with Crippen LogP contribution in [0.2, 0.25) is 0 Å². The van der Waals surface area contributed by atoms with Gasteiger partial charge in [0.05, 0.1) is 31.5 Å². The van der Waals surface area contributed by atoms with Crippen molar-refractivity contribution < 1.29 is 14.6 Å². The Bertz CT molecular complexity index is 1900. The maximum atomic E-state index is 13.8. The number of carbonyl (C=O) groups excluding carboxylic acids is 1. The van der Waals surface area contributed by atoms with Crippen LogP contribution in [0.1, 0.15) is 43.0 Å². The van der Waals surface area contributed by atoms with Gasteiger partial charge in [-0.05, 0) is 73.8 Å². The number of nitrogens with one attached hydrogen (secondary N) is 1. The van der Waals surface area contributed by atoms with Crippen molar-refractivity contribution in [2.24, 2.45) is 24.8 Å². The molecule has 2 bridgehead atoms. The fourth-order valence-electron chi connectivity index (χ4n) is 7.44. The second kappa shape index (κ2) is 10.4. The Morgan fingerprint density at radius 3 is 2.68 bits per heavy atom. The minimum atomic E-state index is 0.0348. The minimum Gasteiger partial charge on any atom is -0.494 e. The van der Waals surface area contributed by atoms with E-state index in [-0.39, 0.29) is 12.5 Å². The quantitative estimate of drug-likeness (QED) is 0.252. The summed E-state index contributed by atoms with van der Waals surface area (Å²) in [5, 5.41) is 18.0. The number of ether oxygens (including phenoxy) is 1. The minimum absolute atomic E-state index is 0.0348. The number of imidazole rings is 1. The number of rotatable bonds is 9. The van der Waals surface area contributed by atoms with Crippen LogP contribution < -0.4 is 10.1 Å². The lowest BCUT2D eigenvalue weighted by atomic mass is 10.0. The van der Waals surface area contributed by atoms with Gasteiger partial charge in [-0.3, -0.25) is 9.48 Å². The van der Waals surface area contributed by atoms with Crippen LogP contribution in [0.3, 0.4) is 0 Å². The summed E-state index contributed by atoms with van der Waals surface area (Å²) in [7, 11) is 3.67. The molecule has 2 N–H and O–H groups in total. The molecule has 5 heterocycles. The van der Waals surface area contributed by atoms with Crippen LogP contribution in [-0.2, 0) is 20.1 Å². The molecule has 2 saturated carbocycles. The molecule has 4 aromatic heterocycles. The van der Waals surface area contributed by atoms with Gasteiger partial charge < -0.3 is 29.2 Å². The van der Waals surface area contributed by atoms with Gasteiger partial charge >= 0.3 is 0 Å². The van der Waals surface area contributed by atoms with Gasteiger partial charge in [0, 0.05) is 49.4 Å². The lowest BCUT2D eigenvalue weighted by Crippen LogP contribution is -2.38. The highest BCUT2D eigenvalue weighted by atomic mass is 16.5. The van der Waals surface area contributed by atoms with E-state index in [1.165, 1.54) is 19.3 Å². The van der Waals surface area contributed by atoms with Crippen LogP contribution in [0.4, 0.5) is 11.6 Å². The van der Waals surface area contributed by atoms with Crippen LogP contribution >= 0.6 is 0 Å². The molecule has 2 unspecified atom stereocenters. The van der Waals surface area contributed by atoms with Crippen LogP contribution in [-0.4, -0.2) is 71.1 Å².